The van der Waals surface area contributed by atoms with Gasteiger partial charge in [-0.05, 0) is 0 Å². The van der Waals surface area contributed by atoms with Gasteiger partial charge in [-0.2, -0.15) is 0 Å². The Morgan fingerprint density at radius 2 is 2.08 bits per heavy atom. The van der Waals surface area contributed by atoms with Gasteiger partial charge in [-0.1, -0.05) is 5.16 Å². The number of β-lactam (4-membered cyclic amide) rings is 1. The number of thioether (sulfide) groups is 1. The third-order valence-electron chi connectivity index (χ3n) is 7.81. The number of aromatic nitrogens is 1. The van der Waals surface area contributed by atoms with Gasteiger partial charge < -0.3 is 35.4 Å². The molecule has 4 N–H and O–H groups in total. The molecule has 194 valence electrons. The fourth-order valence-electron chi connectivity index (χ4n) is 6.08. The summed E-state index contributed by atoms with van der Waals surface area (Å²) in [5.41, 5.74) is 6.30. The molecule has 0 spiro atoms. The van der Waals surface area contributed by atoms with Gasteiger partial charge in [0.15, 0.2) is 10.8 Å². The molecule has 4 aliphatic rings. The van der Waals surface area contributed by atoms with E-state index in [1.54, 1.807) is 5.38 Å². The molecule has 4 aliphatic heterocycles. The molecule has 5 heterocycles. The van der Waals surface area contributed by atoms with Crippen molar-refractivity contribution in [2.24, 2.45) is 5.16 Å². The van der Waals surface area contributed by atoms with Crippen LogP contribution < -0.4 is 16.2 Å². The van der Waals surface area contributed by atoms with Gasteiger partial charge in [-0.25, -0.2) is 4.98 Å². The zero-order valence-electron chi connectivity index (χ0n) is 19.9. The van der Waals surface area contributed by atoms with Crippen molar-refractivity contribution in [3.63, 3.8) is 0 Å². The Morgan fingerprint density at radius 1 is 1.39 bits per heavy atom. The number of hydrogen-bond acceptors (Lipinski definition) is 11. The Hall–Kier alpha value is -2.68. The van der Waals surface area contributed by atoms with Crippen LogP contribution in [0.25, 0.3) is 0 Å². The fraction of sp³-hybridized carbons (Fsp3) is 0.591. The van der Waals surface area contributed by atoms with E-state index in [4.69, 9.17) is 10.6 Å². The molecular formula is C22H28N6O6S2. The minimum absolute atomic E-state index is 0.0998. The predicted octanol–water partition coefficient (Wildman–Crippen LogP) is -1.39. The number of likely N-dealkylation sites (N-methyl/N-ethyl adjacent to an activating group) is 1. The number of carbonyl (C=O) groups excluding carboxylic acids is 3. The number of aliphatic hydroxyl groups excluding tert-OH is 1. The summed E-state index contributed by atoms with van der Waals surface area (Å²) in [6.07, 6.45) is 3.07. The van der Waals surface area contributed by atoms with Crippen LogP contribution in [0.2, 0.25) is 0 Å². The number of aliphatic hydroxyl groups is 1. The largest absolute Gasteiger partial charge is 0.543 e. The van der Waals surface area contributed by atoms with Crippen LogP contribution in [-0.2, 0) is 19.2 Å². The van der Waals surface area contributed by atoms with E-state index in [1.807, 2.05) is 0 Å². The Morgan fingerprint density at radius 3 is 2.67 bits per heavy atom. The Kier molecular flexibility index (Phi) is 6.47. The maximum atomic E-state index is 13.1. The number of quaternary nitrogens is 1. The number of aliphatic carboxylic acids is 1. The number of carboxylic acids is 1. The van der Waals surface area contributed by atoms with E-state index in [-0.39, 0.29) is 40.4 Å². The summed E-state index contributed by atoms with van der Waals surface area (Å²) in [6, 6.07) is -0.411. The fourth-order valence-corrected chi connectivity index (χ4v) is 7.96. The first-order valence-corrected chi connectivity index (χ1v) is 13.6. The second kappa shape index (κ2) is 9.32. The molecule has 0 aliphatic carbocycles. The Labute approximate surface area is 215 Å². The monoisotopic (exact) mass is 536 g/mol. The lowest BCUT2D eigenvalue weighted by molar-refractivity contribution is -0.945. The average molecular weight is 537 g/mol. The van der Waals surface area contributed by atoms with E-state index in [2.05, 4.69) is 22.5 Å². The molecule has 12 nitrogen and oxygen atoms in total. The number of rotatable bonds is 7. The van der Waals surface area contributed by atoms with Crippen LogP contribution in [0.3, 0.4) is 0 Å². The molecule has 0 saturated carbocycles. The molecule has 36 heavy (non-hydrogen) atoms. The highest BCUT2D eigenvalue weighted by molar-refractivity contribution is 8.00. The van der Waals surface area contributed by atoms with E-state index in [1.165, 1.54) is 23.8 Å². The van der Waals surface area contributed by atoms with Crippen molar-refractivity contribution < 1.29 is 33.9 Å². The molecule has 2 amide bonds. The van der Waals surface area contributed by atoms with Crippen LogP contribution >= 0.6 is 23.1 Å². The number of nitrogens with zero attached hydrogens (tertiary/aromatic N) is 4. The van der Waals surface area contributed by atoms with Crippen LogP contribution in [0.4, 0.5) is 5.13 Å². The van der Waals surface area contributed by atoms with Crippen molar-refractivity contribution in [3.8, 4) is 0 Å². The van der Waals surface area contributed by atoms with Gasteiger partial charge in [0, 0.05) is 42.4 Å². The van der Waals surface area contributed by atoms with Crippen molar-refractivity contribution in [1.29, 1.82) is 0 Å². The third-order valence-corrected chi connectivity index (χ3v) is 9.82. The lowest BCUT2D eigenvalue weighted by atomic mass is 9.95. The summed E-state index contributed by atoms with van der Waals surface area (Å²) in [5.74, 6) is -2.19. The van der Waals surface area contributed by atoms with E-state index < -0.39 is 29.2 Å². The number of carbonyl (C=O) groups is 3. The topological polar surface area (TPSA) is 170 Å². The number of amides is 2. The number of carboxylic acid groups (broad SMARTS) is 1. The maximum absolute atomic E-state index is 13.1. The van der Waals surface area contributed by atoms with Gasteiger partial charge in [0.05, 0.1) is 36.9 Å². The number of fused-ring (bicyclic) bond motifs is 3. The first kappa shape index (κ1) is 25.0. The predicted molar refractivity (Wildman–Crippen MR) is 130 cm³/mol. The average Bonchev–Trinajstić information content (AvgIpc) is 3.30. The molecule has 1 aromatic heterocycles. The first-order chi connectivity index (χ1) is 17.1. The number of anilines is 1. The standard InChI is InChI=1S/C22H28N6O6S2/c1-28(11-3-4-12(28)6-13(29)5-11)7-10-8-35-20-16(19(31)27(20)17(10)21(32)33)25-18(30)15(26-34-2)14-9-36-22(23)24-14/h9,11-13,16,20,29H,3-8H2,1-2H3,(H3-,23,24,25,30,32,33)/b26-15-/t11-,12+,13?,16-,20-,28?/m1/s1. The number of oxime groups is 1. The van der Waals surface area contributed by atoms with Crippen molar-refractivity contribution >= 4 is 51.7 Å². The molecule has 2 bridgehead atoms. The van der Waals surface area contributed by atoms with E-state index in [0.717, 1.165) is 24.2 Å². The van der Waals surface area contributed by atoms with Crippen molar-refractivity contribution in [1.82, 2.24) is 15.2 Å². The molecule has 2 unspecified atom stereocenters. The molecule has 3 fully saturated rings. The normalized spacial score (nSPS) is 33.8. The molecule has 0 aromatic carbocycles. The van der Waals surface area contributed by atoms with Crippen molar-refractivity contribution in [3.05, 3.63) is 22.3 Å². The zero-order valence-corrected chi connectivity index (χ0v) is 21.5. The van der Waals surface area contributed by atoms with Crippen LogP contribution in [0.15, 0.2) is 21.8 Å². The summed E-state index contributed by atoms with van der Waals surface area (Å²) < 4.78 is 0.671. The molecule has 6 atom stereocenters. The van der Waals surface area contributed by atoms with Gasteiger partial charge in [-0.15, -0.1) is 23.1 Å². The highest BCUT2D eigenvalue weighted by Gasteiger charge is 2.56. The molecule has 3 saturated heterocycles. The Balaban J connectivity index is 1.35. The minimum atomic E-state index is -1.40. The SMILES string of the molecule is CO/N=C(\C(=O)N[C@@H]1C(=O)N2C(C(=O)[O-])=C(C[N+]3(C)[C@@H]4CC[C@H]3CC(O)C4)CS[C@H]12)c1csc(N)n1. The number of nitrogens with two attached hydrogens (primary N) is 1. The molecular weight excluding hydrogens is 508 g/mol. The summed E-state index contributed by atoms with van der Waals surface area (Å²) in [5, 5.41) is 30.0. The lowest BCUT2D eigenvalue weighted by Crippen LogP contribution is -2.72. The van der Waals surface area contributed by atoms with E-state index >= 15 is 0 Å². The smallest absolute Gasteiger partial charge is 0.276 e. The number of hydrogen-bond donors (Lipinski definition) is 3. The lowest BCUT2D eigenvalue weighted by Gasteiger charge is -2.52. The molecule has 1 aromatic rings. The number of piperidine rings is 1. The van der Waals surface area contributed by atoms with Crippen LogP contribution in [0.5, 0.6) is 0 Å². The van der Waals surface area contributed by atoms with Gasteiger partial charge >= 0.3 is 0 Å². The quantitative estimate of drug-likeness (QED) is 0.164. The number of nitrogens with one attached hydrogen (secondary N) is 1. The zero-order chi connectivity index (χ0) is 25.8. The third kappa shape index (κ3) is 4.05. The minimum Gasteiger partial charge on any atom is -0.543 e. The van der Waals surface area contributed by atoms with Crippen molar-refractivity contribution in [2.75, 3.05) is 32.2 Å². The highest BCUT2D eigenvalue weighted by atomic mass is 32.2. The van der Waals surface area contributed by atoms with E-state index in [9.17, 15) is 24.6 Å². The van der Waals surface area contributed by atoms with Gasteiger partial charge in [-0.3, -0.25) is 14.5 Å². The van der Waals surface area contributed by atoms with Crippen LogP contribution in [-0.4, -0.2) is 99.0 Å². The molecule has 14 heteroatoms. The summed E-state index contributed by atoms with van der Waals surface area (Å²) in [7, 11) is 3.40. The van der Waals surface area contributed by atoms with Gasteiger partial charge in [0.1, 0.15) is 30.8 Å². The number of thiazole rings is 1. The van der Waals surface area contributed by atoms with Gasteiger partial charge in [0.25, 0.3) is 11.8 Å². The Bertz CT molecular complexity index is 1150. The second-order valence-electron chi connectivity index (χ2n) is 9.81. The molecule has 5 rings (SSSR count). The van der Waals surface area contributed by atoms with Crippen molar-refractivity contribution in [2.45, 2.75) is 55.3 Å². The summed E-state index contributed by atoms with van der Waals surface area (Å²) in [4.78, 5) is 48.3. The molecule has 0 radical (unpaired) electrons. The summed E-state index contributed by atoms with van der Waals surface area (Å²) in [6.45, 7) is 0.488. The highest BCUT2D eigenvalue weighted by Crippen LogP contribution is 2.45. The van der Waals surface area contributed by atoms with Crippen LogP contribution in [0.1, 0.15) is 31.4 Å². The van der Waals surface area contributed by atoms with E-state index in [0.29, 0.717) is 35.2 Å². The maximum Gasteiger partial charge on any atom is 0.276 e. The summed E-state index contributed by atoms with van der Waals surface area (Å²) >= 11 is 2.54. The number of nitrogen functional groups attached to an aromatic ring is 1. The van der Waals surface area contributed by atoms with Gasteiger partial charge in [0.2, 0.25) is 0 Å². The van der Waals surface area contributed by atoms with Crippen LogP contribution in [0, 0.1) is 0 Å². The second-order valence-corrected chi connectivity index (χ2v) is 11.8. The first-order valence-electron chi connectivity index (χ1n) is 11.7.